The van der Waals surface area contributed by atoms with Crippen LogP contribution in [0.5, 0.6) is 0 Å². The second kappa shape index (κ2) is 6.73. The van der Waals surface area contributed by atoms with Crippen LogP contribution in [0, 0.1) is 11.8 Å². The lowest BCUT2D eigenvalue weighted by atomic mass is 10.1. The fourth-order valence-corrected chi connectivity index (χ4v) is 2.77. The van der Waals surface area contributed by atoms with Gasteiger partial charge in [-0.25, -0.2) is 0 Å². The fraction of sp³-hybridized carbons (Fsp3) is 0.765. The Morgan fingerprint density at radius 1 is 1.33 bits per heavy atom. The predicted octanol–water partition coefficient (Wildman–Crippen LogP) is 3.11. The molecule has 3 unspecified atom stereocenters. The van der Waals surface area contributed by atoms with Gasteiger partial charge >= 0.3 is 0 Å². The highest BCUT2D eigenvalue weighted by Crippen LogP contribution is 2.52. The van der Waals surface area contributed by atoms with Crippen molar-refractivity contribution in [3.05, 3.63) is 23.3 Å². The Labute approximate surface area is 130 Å². The van der Waals surface area contributed by atoms with Crippen LogP contribution in [0.3, 0.4) is 0 Å². The van der Waals surface area contributed by atoms with Crippen molar-refractivity contribution < 1.29 is 10.9 Å². The Morgan fingerprint density at radius 3 is 2.62 bits per heavy atom. The van der Waals surface area contributed by atoms with E-state index in [0.717, 1.165) is 43.0 Å². The fourth-order valence-electron chi connectivity index (χ4n) is 2.77. The molecular weight excluding hydrogens is 264 g/mol. The number of ether oxygens (including phenoxy) is 2. The van der Waals surface area contributed by atoms with Gasteiger partial charge in [-0.3, -0.25) is 0 Å². The maximum absolute atomic E-state index is 6.27. The van der Waals surface area contributed by atoms with Gasteiger partial charge in [-0.05, 0) is 47.2 Å². The van der Waals surface area contributed by atoms with E-state index in [0.29, 0.717) is 11.8 Å². The topological polar surface area (TPSA) is 47.7 Å². The van der Waals surface area contributed by atoms with E-state index in [4.69, 9.17) is 15.2 Å². The monoisotopic (exact) mass is 296 g/mol. The summed E-state index contributed by atoms with van der Waals surface area (Å²) in [6.07, 6.45) is 5.63. The number of hydrogen-bond acceptors (Lipinski definition) is 4. The minimum Gasteiger partial charge on any atom is -0.494 e. The van der Waals surface area contributed by atoms with Gasteiger partial charge in [0.1, 0.15) is 11.5 Å². The van der Waals surface area contributed by atoms with Gasteiger partial charge in [0.2, 0.25) is 0 Å². The minimum absolute atomic E-state index is 0. The molecular formula is C17H32N2O2. The molecule has 0 aromatic heterocycles. The van der Waals surface area contributed by atoms with Gasteiger partial charge < -0.3 is 20.1 Å². The first-order chi connectivity index (χ1) is 9.92. The Bertz CT molecular complexity index is 432. The van der Waals surface area contributed by atoms with Gasteiger partial charge in [0, 0.05) is 25.9 Å². The van der Waals surface area contributed by atoms with Crippen molar-refractivity contribution >= 4 is 0 Å². The summed E-state index contributed by atoms with van der Waals surface area (Å²) in [4.78, 5) is 2.20. The lowest BCUT2D eigenvalue weighted by Gasteiger charge is -2.25. The van der Waals surface area contributed by atoms with E-state index in [9.17, 15) is 0 Å². The Balaban J connectivity index is 0.00000242. The van der Waals surface area contributed by atoms with Crippen LogP contribution in [0.1, 0.15) is 41.5 Å². The highest BCUT2D eigenvalue weighted by Gasteiger charge is 2.47. The molecule has 2 aliphatic rings. The van der Waals surface area contributed by atoms with Crippen molar-refractivity contribution in [1.82, 2.24) is 4.90 Å². The van der Waals surface area contributed by atoms with Crippen molar-refractivity contribution in [1.29, 1.82) is 0 Å². The second-order valence-corrected chi connectivity index (χ2v) is 6.72. The molecule has 21 heavy (non-hydrogen) atoms. The third-order valence-corrected chi connectivity index (χ3v) is 4.13. The summed E-state index contributed by atoms with van der Waals surface area (Å²) < 4.78 is 12.1. The molecule has 1 fully saturated rings. The summed E-state index contributed by atoms with van der Waals surface area (Å²) in [5.74, 6) is 2.82. The minimum atomic E-state index is 0. The molecule has 3 atom stereocenters. The average molecular weight is 296 g/mol. The molecule has 0 aromatic rings. The normalized spacial score (nSPS) is 25.8. The molecule has 0 aromatic carbocycles. The quantitative estimate of drug-likeness (QED) is 0.747. The van der Waals surface area contributed by atoms with Crippen LogP contribution in [-0.4, -0.2) is 37.7 Å². The molecule has 0 spiro atoms. The van der Waals surface area contributed by atoms with Gasteiger partial charge in [0.15, 0.2) is 0 Å². The molecule has 0 saturated heterocycles. The van der Waals surface area contributed by atoms with Crippen LogP contribution >= 0.6 is 0 Å². The van der Waals surface area contributed by atoms with Gasteiger partial charge in [0.05, 0.1) is 17.9 Å². The maximum Gasteiger partial charge on any atom is 0.142 e. The van der Waals surface area contributed by atoms with E-state index in [2.05, 4.69) is 25.9 Å². The standard InChI is InChI=1S/C17H30N2O2.H2/c1-6-12(7-8-19(4)5)21-15-10-16(20-11(2)3)17(18)14-9-13(14)15;/h10-14H,6-9,18H2,1-5H3;1H. The highest BCUT2D eigenvalue weighted by atomic mass is 16.5. The molecule has 4 nitrogen and oxygen atoms in total. The Kier molecular flexibility index (Phi) is 5.20. The van der Waals surface area contributed by atoms with Crippen LogP contribution < -0.4 is 5.73 Å². The van der Waals surface area contributed by atoms with E-state index in [1.807, 2.05) is 19.9 Å². The van der Waals surface area contributed by atoms with Crippen LogP contribution in [0.25, 0.3) is 0 Å². The van der Waals surface area contributed by atoms with Gasteiger partial charge in [0.25, 0.3) is 0 Å². The Morgan fingerprint density at radius 2 is 2.05 bits per heavy atom. The largest absolute Gasteiger partial charge is 0.494 e. The third kappa shape index (κ3) is 4.16. The van der Waals surface area contributed by atoms with Gasteiger partial charge in [-0.2, -0.15) is 0 Å². The molecule has 2 aliphatic carbocycles. The van der Waals surface area contributed by atoms with Crippen molar-refractivity contribution in [3.8, 4) is 0 Å². The summed E-state index contributed by atoms with van der Waals surface area (Å²) in [5, 5.41) is 0. The zero-order valence-corrected chi connectivity index (χ0v) is 14.1. The molecule has 0 radical (unpaired) electrons. The van der Waals surface area contributed by atoms with E-state index < -0.39 is 0 Å². The van der Waals surface area contributed by atoms with E-state index in [1.54, 1.807) is 0 Å². The molecule has 0 aliphatic heterocycles. The lowest BCUT2D eigenvalue weighted by Crippen LogP contribution is -2.23. The first-order valence-electron chi connectivity index (χ1n) is 8.11. The number of rotatable bonds is 8. The molecule has 4 heteroatoms. The van der Waals surface area contributed by atoms with Gasteiger partial charge in [-0.1, -0.05) is 6.92 Å². The molecule has 122 valence electrons. The first-order valence-corrected chi connectivity index (χ1v) is 8.11. The van der Waals surface area contributed by atoms with Crippen LogP contribution in [-0.2, 0) is 9.47 Å². The van der Waals surface area contributed by atoms with Crippen LogP contribution in [0.15, 0.2) is 23.3 Å². The summed E-state index contributed by atoms with van der Waals surface area (Å²) in [7, 11) is 4.20. The van der Waals surface area contributed by atoms with Crippen molar-refractivity contribution in [2.24, 2.45) is 17.6 Å². The summed E-state index contributed by atoms with van der Waals surface area (Å²) in [5.41, 5.74) is 7.09. The predicted molar refractivity (Wildman–Crippen MR) is 87.6 cm³/mol. The second-order valence-electron chi connectivity index (χ2n) is 6.72. The van der Waals surface area contributed by atoms with Crippen molar-refractivity contribution in [2.45, 2.75) is 52.2 Å². The van der Waals surface area contributed by atoms with Crippen molar-refractivity contribution in [3.63, 3.8) is 0 Å². The summed E-state index contributed by atoms with van der Waals surface area (Å²) >= 11 is 0. The maximum atomic E-state index is 6.27. The molecule has 1 saturated carbocycles. The lowest BCUT2D eigenvalue weighted by molar-refractivity contribution is 0.0815. The SMILES string of the molecule is CCC(CCN(C)C)OC1=CC(OC(C)C)=C(N)C2CC12.[HH]. The van der Waals surface area contributed by atoms with E-state index >= 15 is 0 Å². The summed E-state index contributed by atoms with van der Waals surface area (Å²) in [6, 6.07) is 0. The smallest absolute Gasteiger partial charge is 0.142 e. The zero-order valence-electron chi connectivity index (χ0n) is 14.1. The molecule has 2 rings (SSSR count). The highest BCUT2D eigenvalue weighted by molar-refractivity contribution is 5.36. The average Bonchev–Trinajstić information content (AvgIpc) is 3.19. The molecule has 0 bridgehead atoms. The zero-order chi connectivity index (χ0) is 15.6. The molecule has 0 heterocycles. The van der Waals surface area contributed by atoms with Gasteiger partial charge in [-0.15, -0.1) is 0 Å². The number of fused-ring (bicyclic) bond motifs is 1. The molecule has 2 N–H and O–H groups in total. The molecule has 0 amide bonds. The number of nitrogens with two attached hydrogens (primary N) is 1. The number of allylic oxidation sites excluding steroid dienone is 3. The number of nitrogens with zero attached hydrogens (tertiary/aromatic N) is 1. The van der Waals surface area contributed by atoms with Crippen molar-refractivity contribution in [2.75, 3.05) is 20.6 Å². The first kappa shape index (κ1) is 16.2. The summed E-state index contributed by atoms with van der Waals surface area (Å²) in [6.45, 7) is 7.29. The third-order valence-electron chi connectivity index (χ3n) is 4.13. The van der Waals surface area contributed by atoms with E-state index in [1.165, 1.54) is 0 Å². The number of hydrogen-bond donors (Lipinski definition) is 1. The van der Waals surface area contributed by atoms with Crippen LogP contribution in [0.2, 0.25) is 0 Å². The Hall–Kier alpha value is -1.16. The van der Waals surface area contributed by atoms with E-state index in [-0.39, 0.29) is 13.6 Å². The van der Waals surface area contributed by atoms with Crippen LogP contribution in [0.4, 0.5) is 0 Å².